The zero-order chi connectivity index (χ0) is 56.2. The summed E-state index contributed by atoms with van der Waals surface area (Å²) >= 11 is 0. The Morgan fingerprint density at radius 2 is 1.27 bits per heavy atom. The lowest BCUT2D eigenvalue weighted by atomic mass is 9.78. The van der Waals surface area contributed by atoms with E-state index >= 15 is 0 Å². The molecule has 3 heterocycles. The van der Waals surface area contributed by atoms with Crippen molar-refractivity contribution in [2.75, 3.05) is 0 Å². The molecule has 5 nitrogen and oxygen atoms in total. The van der Waals surface area contributed by atoms with E-state index in [2.05, 4.69) is 116 Å². The molecule has 0 saturated carbocycles. The predicted octanol–water partition coefficient (Wildman–Crippen LogP) is 17.1. The fourth-order valence-electron chi connectivity index (χ4n) is 9.62. The number of pyridine rings is 1. The van der Waals surface area contributed by atoms with Crippen molar-refractivity contribution in [3.05, 3.63) is 198 Å². The standard InChI is InChI=1S/C66H68N4O/c1-63(2,3)41-44-28-31-57-56(34-44)55-30-29-52(40-60(55)70(57)61-35-45(32-33-67-61)42-64(4,5)6)71-51-23-18-22-50(39-51)68-43-69(59-27-17-16-26-58(59)68)62-53(46-20-14-13-15-21-46)24-19-25-54(62)47-36-48(65(7,8)9)38-49(37-47)66(10,11)12/h13-40H,41-42H2,1-12H3/i13D,14D,15D,20D,21D,42D2. The highest BCUT2D eigenvalue weighted by Gasteiger charge is 2.25. The van der Waals surface area contributed by atoms with E-state index in [1.807, 2.05) is 115 Å². The first-order valence-corrected chi connectivity index (χ1v) is 24.7. The second-order valence-corrected chi connectivity index (χ2v) is 23.2. The van der Waals surface area contributed by atoms with Crippen molar-refractivity contribution in [2.24, 2.45) is 10.8 Å². The van der Waals surface area contributed by atoms with Gasteiger partial charge in [-0.3, -0.25) is 13.7 Å². The number of imidazole rings is 1. The van der Waals surface area contributed by atoms with Crippen molar-refractivity contribution in [1.29, 1.82) is 0 Å². The fourth-order valence-corrected chi connectivity index (χ4v) is 9.62. The molecule has 71 heavy (non-hydrogen) atoms. The topological polar surface area (TPSA) is 35.9 Å². The number of hydrogen-bond acceptors (Lipinski definition) is 2. The van der Waals surface area contributed by atoms with Crippen LogP contribution in [-0.2, 0) is 23.6 Å². The van der Waals surface area contributed by atoms with Gasteiger partial charge >= 0.3 is 0 Å². The lowest BCUT2D eigenvalue weighted by Gasteiger charge is -2.27. The van der Waals surface area contributed by atoms with Crippen LogP contribution in [0.2, 0.25) is 0 Å². The molecular formula is C66H68N4O. The van der Waals surface area contributed by atoms with Crippen LogP contribution in [0.15, 0.2) is 170 Å². The van der Waals surface area contributed by atoms with Gasteiger partial charge in [0.15, 0.2) is 0 Å². The Hall–Kier alpha value is -7.24. The Bertz CT molecular complexity index is 3950. The van der Waals surface area contributed by atoms with E-state index < -0.39 is 29.9 Å². The molecule has 0 bridgehead atoms. The Balaban J connectivity index is 1.14. The summed E-state index contributed by atoms with van der Waals surface area (Å²) in [6.45, 7) is 25.7. The van der Waals surface area contributed by atoms with Crippen LogP contribution >= 0.6 is 0 Å². The van der Waals surface area contributed by atoms with Crippen molar-refractivity contribution >= 4 is 32.8 Å². The first kappa shape index (κ1) is 39.5. The molecule has 0 spiro atoms. The molecule has 7 aromatic carbocycles. The van der Waals surface area contributed by atoms with Gasteiger partial charge in [0.2, 0.25) is 0 Å². The van der Waals surface area contributed by atoms with Gasteiger partial charge in [-0.1, -0.05) is 186 Å². The van der Waals surface area contributed by atoms with E-state index in [1.165, 1.54) is 5.56 Å². The maximum absolute atomic E-state index is 9.24. The van der Waals surface area contributed by atoms with E-state index in [9.17, 15) is 2.74 Å². The minimum Gasteiger partial charge on any atom is -0.458 e. The summed E-state index contributed by atoms with van der Waals surface area (Å²) < 4.78 is 75.7. The summed E-state index contributed by atoms with van der Waals surface area (Å²) in [6, 6.07) is 42.8. The number of hydrogen-bond donors (Lipinski definition) is 0. The number of nitrogens with zero attached hydrogens (tertiary/aromatic N) is 4. The van der Waals surface area contributed by atoms with Crippen molar-refractivity contribution in [3.8, 4) is 50.9 Å². The maximum atomic E-state index is 9.24. The van der Waals surface area contributed by atoms with Gasteiger partial charge in [-0.05, 0) is 134 Å². The molecule has 0 saturated heterocycles. The molecule has 10 rings (SSSR count). The average Bonchev–Trinajstić information content (AvgIpc) is 4.04. The number of fused-ring (bicyclic) bond motifs is 4. The number of aromatic nitrogens is 4. The molecule has 10 aromatic rings. The van der Waals surface area contributed by atoms with Crippen LogP contribution in [-0.4, -0.2) is 14.1 Å². The molecule has 0 amide bonds. The molecule has 0 unspecified atom stereocenters. The largest absolute Gasteiger partial charge is 0.458 e. The zero-order valence-electron chi connectivity index (χ0n) is 50.2. The SMILES string of the molecule is [2H]c1c([2H])c([2H])c(-c2cccc(-c3cc(C(C)(C)C)cc(C(C)(C)C)c3)c2-[n+]2[c-]n(-c3cccc(Oc4ccc5c6cc(CC(C)(C)C)ccc6n(-c6cc(C([2H])([2H])C(C)(C)C)ccn6)c5c4)c3)c3ccccc32)c([2H])c1[2H]. The van der Waals surface area contributed by atoms with Crippen LogP contribution in [0, 0.1) is 17.2 Å². The van der Waals surface area contributed by atoms with Crippen LogP contribution in [0.3, 0.4) is 0 Å². The predicted molar refractivity (Wildman–Crippen MR) is 297 cm³/mol. The third-order valence-corrected chi connectivity index (χ3v) is 12.9. The van der Waals surface area contributed by atoms with E-state index in [4.69, 9.17) is 16.6 Å². The molecule has 0 radical (unpaired) electrons. The van der Waals surface area contributed by atoms with Gasteiger partial charge in [-0.15, -0.1) is 0 Å². The minimum atomic E-state index is -1.63. The Labute approximate surface area is 431 Å². The number of rotatable bonds is 9. The quantitative estimate of drug-likeness (QED) is 0.107. The summed E-state index contributed by atoms with van der Waals surface area (Å²) in [5.41, 5.74) is 10.2. The van der Waals surface area contributed by atoms with Gasteiger partial charge in [0.25, 0.3) is 6.33 Å². The highest BCUT2D eigenvalue weighted by molar-refractivity contribution is 6.09. The van der Waals surface area contributed by atoms with E-state index in [1.54, 1.807) is 12.3 Å². The summed E-state index contributed by atoms with van der Waals surface area (Å²) in [5, 5.41) is 2.09. The second kappa shape index (κ2) is 17.9. The molecule has 0 atom stereocenters. The van der Waals surface area contributed by atoms with Crippen molar-refractivity contribution in [1.82, 2.24) is 14.1 Å². The lowest BCUT2D eigenvalue weighted by molar-refractivity contribution is -0.571. The maximum Gasteiger partial charge on any atom is 0.269 e. The summed E-state index contributed by atoms with van der Waals surface area (Å²) in [7, 11) is 0. The van der Waals surface area contributed by atoms with Gasteiger partial charge < -0.3 is 4.74 Å². The summed E-state index contributed by atoms with van der Waals surface area (Å²) in [4.78, 5) is 4.86. The normalized spacial score (nSPS) is 14.2. The highest BCUT2D eigenvalue weighted by atomic mass is 16.5. The van der Waals surface area contributed by atoms with Gasteiger partial charge in [0.1, 0.15) is 17.3 Å². The third kappa shape index (κ3) is 9.80. The van der Waals surface area contributed by atoms with E-state index in [-0.39, 0.29) is 33.9 Å². The molecular weight excluding hydrogens is 865 g/mol. The molecule has 0 N–H and O–H groups in total. The van der Waals surface area contributed by atoms with E-state index in [0.29, 0.717) is 34.1 Å². The first-order chi connectivity index (χ1) is 36.5. The van der Waals surface area contributed by atoms with Gasteiger partial charge in [0, 0.05) is 25.8 Å². The molecule has 0 aliphatic rings. The lowest BCUT2D eigenvalue weighted by Crippen LogP contribution is -2.31. The van der Waals surface area contributed by atoms with Crippen LogP contribution < -0.4 is 9.30 Å². The Morgan fingerprint density at radius 1 is 0.577 bits per heavy atom. The van der Waals surface area contributed by atoms with Crippen LogP contribution in [0.5, 0.6) is 11.5 Å². The number of ether oxygens (including phenoxy) is 1. The second-order valence-electron chi connectivity index (χ2n) is 23.2. The first-order valence-electron chi connectivity index (χ1n) is 28.2. The van der Waals surface area contributed by atoms with Crippen molar-refractivity contribution in [2.45, 2.75) is 107 Å². The molecule has 3 aromatic heterocycles. The molecule has 0 aliphatic carbocycles. The Kier molecular flexibility index (Phi) is 9.93. The fraction of sp³-hybridized carbons (Fsp3) is 0.273. The number of para-hydroxylation sites is 3. The summed E-state index contributed by atoms with van der Waals surface area (Å²) in [6.07, 6.45) is 4.66. The van der Waals surface area contributed by atoms with E-state index in [0.717, 1.165) is 67.2 Å². The van der Waals surface area contributed by atoms with Crippen molar-refractivity contribution in [3.63, 3.8) is 0 Å². The summed E-state index contributed by atoms with van der Waals surface area (Å²) in [5.74, 6) is 1.78. The van der Waals surface area contributed by atoms with Crippen LogP contribution in [0.1, 0.15) is 115 Å². The average molecular weight is 940 g/mol. The minimum absolute atomic E-state index is 0.0810. The third-order valence-electron chi connectivity index (χ3n) is 12.9. The van der Waals surface area contributed by atoms with Gasteiger partial charge in [-0.25, -0.2) is 4.98 Å². The Morgan fingerprint density at radius 3 is 1.97 bits per heavy atom. The number of benzene rings is 7. The van der Waals surface area contributed by atoms with Crippen LogP contribution in [0.25, 0.3) is 72.3 Å². The molecule has 358 valence electrons. The highest BCUT2D eigenvalue weighted by Crippen LogP contribution is 2.41. The van der Waals surface area contributed by atoms with Crippen molar-refractivity contribution < 1.29 is 18.9 Å². The van der Waals surface area contributed by atoms with Gasteiger partial charge in [-0.2, -0.15) is 0 Å². The van der Waals surface area contributed by atoms with Crippen LogP contribution in [0.4, 0.5) is 0 Å². The van der Waals surface area contributed by atoms with Gasteiger partial charge in [0.05, 0.1) is 40.3 Å². The molecule has 0 aliphatic heterocycles. The molecule has 5 heteroatoms. The smallest absolute Gasteiger partial charge is 0.269 e. The molecule has 0 fully saturated rings. The monoisotopic (exact) mass is 940 g/mol. The zero-order valence-corrected chi connectivity index (χ0v) is 43.2.